The highest BCUT2D eigenvalue weighted by atomic mass is 35.5. The van der Waals surface area contributed by atoms with Gasteiger partial charge >= 0.3 is 0 Å². The first-order valence-corrected chi connectivity index (χ1v) is 11.6. The molecule has 0 aliphatic rings. The number of anilines is 3. The molecule has 0 saturated carbocycles. The van der Waals surface area contributed by atoms with Gasteiger partial charge in [0.1, 0.15) is 17.1 Å². The molecule has 37 heavy (non-hydrogen) atoms. The van der Waals surface area contributed by atoms with Crippen LogP contribution in [0, 0.1) is 0 Å². The summed E-state index contributed by atoms with van der Waals surface area (Å²) in [6.07, 6.45) is 7.83. The molecule has 186 valence electrons. The number of aromatic nitrogens is 5. The Bertz CT molecular complexity index is 1660. The summed E-state index contributed by atoms with van der Waals surface area (Å²) in [6.45, 7) is 3.47. The lowest BCUT2D eigenvalue weighted by Gasteiger charge is -2.16. The molecular weight excluding hydrogens is 517 g/mol. The number of imidazole rings is 1. The van der Waals surface area contributed by atoms with Crippen molar-refractivity contribution in [2.45, 2.75) is 0 Å². The van der Waals surface area contributed by atoms with Gasteiger partial charge in [0, 0.05) is 47.4 Å². The third kappa shape index (κ3) is 4.37. The first kappa shape index (κ1) is 24.3. The van der Waals surface area contributed by atoms with E-state index < -0.39 is 0 Å². The van der Waals surface area contributed by atoms with Crippen molar-refractivity contribution in [3.63, 3.8) is 0 Å². The molecule has 5 aromatic rings. The lowest BCUT2D eigenvalue weighted by molar-refractivity contribution is -0.111. The Hall–Kier alpha value is -4.41. The summed E-state index contributed by atoms with van der Waals surface area (Å²) in [4.78, 5) is 29.7. The fourth-order valence-corrected chi connectivity index (χ4v) is 4.54. The van der Waals surface area contributed by atoms with Gasteiger partial charge in [-0.3, -0.25) is 9.20 Å². The van der Waals surface area contributed by atoms with Crippen LogP contribution >= 0.6 is 23.2 Å². The Labute approximate surface area is 220 Å². The minimum Gasteiger partial charge on any atom is -0.495 e. The highest BCUT2D eigenvalue weighted by Crippen LogP contribution is 2.47. The molecule has 0 atom stereocenters. The smallest absolute Gasteiger partial charge is 0.247 e. The molecule has 5 rings (SSSR count). The molecule has 1 aromatic carbocycles. The van der Waals surface area contributed by atoms with Gasteiger partial charge in [0.2, 0.25) is 11.9 Å². The van der Waals surface area contributed by atoms with Crippen LogP contribution in [-0.2, 0) is 4.79 Å². The fourth-order valence-electron chi connectivity index (χ4n) is 3.83. The largest absolute Gasteiger partial charge is 0.495 e. The van der Waals surface area contributed by atoms with E-state index in [-0.39, 0.29) is 11.9 Å². The molecule has 0 radical (unpaired) electrons. The average molecular weight is 536 g/mol. The summed E-state index contributed by atoms with van der Waals surface area (Å²) in [6, 6.07) is 6.88. The van der Waals surface area contributed by atoms with Crippen LogP contribution in [0.4, 0.5) is 17.5 Å². The average Bonchev–Trinajstić information content (AvgIpc) is 3.41. The van der Waals surface area contributed by atoms with Crippen molar-refractivity contribution in [1.82, 2.24) is 24.3 Å². The molecule has 0 spiro atoms. The third-order valence-electron chi connectivity index (χ3n) is 5.53. The van der Waals surface area contributed by atoms with E-state index in [9.17, 15) is 4.79 Å². The van der Waals surface area contributed by atoms with Crippen LogP contribution in [-0.4, -0.2) is 44.5 Å². The highest BCUT2D eigenvalue weighted by Gasteiger charge is 2.22. The number of fused-ring (bicyclic) bond motifs is 3. The van der Waals surface area contributed by atoms with Crippen LogP contribution in [0.2, 0.25) is 10.0 Å². The van der Waals surface area contributed by atoms with E-state index in [2.05, 4.69) is 37.1 Å². The summed E-state index contributed by atoms with van der Waals surface area (Å²) < 4.78 is 12.7. The Morgan fingerprint density at radius 1 is 1.05 bits per heavy atom. The molecule has 0 aliphatic heterocycles. The fraction of sp³-hybridized carbons (Fsp3) is 0.0800. The van der Waals surface area contributed by atoms with Gasteiger partial charge in [-0.15, -0.1) is 0 Å². The van der Waals surface area contributed by atoms with Gasteiger partial charge in [0.15, 0.2) is 11.5 Å². The molecule has 0 bridgehead atoms. The summed E-state index contributed by atoms with van der Waals surface area (Å²) in [7, 11) is 3.03. The molecule has 2 N–H and O–H groups in total. The number of pyridine rings is 2. The van der Waals surface area contributed by atoms with Crippen molar-refractivity contribution in [1.29, 1.82) is 0 Å². The minimum atomic E-state index is -0.366. The van der Waals surface area contributed by atoms with E-state index in [1.165, 1.54) is 20.3 Å². The minimum absolute atomic E-state index is 0.266. The molecule has 0 saturated heterocycles. The van der Waals surface area contributed by atoms with Crippen molar-refractivity contribution in [3.05, 3.63) is 71.8 Å². The molecule has 10 nitrogen and oxygen atoms in total. The number of carbonyl (C=O) groups excluding carboxylic acids is 1. The number of rotatable bonds is 7. The van der Waals surface area contributed by atoms with E-state index in [1.54, 1.807) is 47.4 Å². The van der Waals surface area contributed by atoms with Gasteiger partial charge in [-0.2, -0.15) is 4.98 Å². The van der Waals surface area contributed by atoms with Crippen LogP contribution in [0.3, 0.4) is 0 Å². The number of halogens is 2. The number of amides is 1. The monoisotopic (exact) mass is 535 g/mol. The highest BCUT2D eigenvalue weighted by molar-refractivity contribution is 6.41. The molecule has 0 fully saturated rings. The van der Waals surface area contributed by atoms with Gasteiger partial charge in [0.25, 0.3) is 0 Å². The quantitative estimate of drug-likeness (QED) is 0.261. The van der Waals surface area contributed by atoms with E-state index in [0.717, 1.165) is 0 Å². The van der Waals surface area contributed by atoms with Crippen LogP contribution in [0.15, 0.2) is 61.7 Å². The van der Waals surface area contributed by atoms with Crippen molar-refractivity contribution in [2.75, 3.05) is 24.9 Å². The standard InChI is InChI=1S/C25H19Cl2N7O3/c1-4-18(35)31-15-6-5-7-28-22(15)32-25-30-12-13-10-14(24-29-8-9-34(24)23(13)33-25)19-20(26)16(36-2)11-17(37-3)21(19)27/h4-12H,1H2,2-3H3,(H,31,35)(H,28,30,32,33). The SMILES string of the molecule is C=CC(=O)Nc1cccnc1Nc1ncc2cc(-c3c(Cl)c(OC)cc(OC)c3Cl)c3nccn3c2n1. The zero-order valence-corrected chi connectivity index (χ0v) is 21.1. The zero-order chi connectivity index (χ0) is 26.1. The lowest BCUT2D eigenvalue weighted by Crippen LogP contribution is -2.10. The third-order valence-corrected chi connectivity index (χ3v) is 6.28. The summed E-state index contributed by atoms with van der Waals surface area (Å²) in [5.41, 5.74) is 2.75. The number of hydrogen-bond acceptors (Lipinski definition) is 8. The van der Waals surface area contributed by atoms with Gasteiger partial charge in [-0.25, -0.2) is 15.0 Å². The second-order valence-corrected chi connectivity index (χ2v) is 8.41. The van der Waals surface area contributed by atoms with Crippen LogP contribution in [0.25, 0.3) is 27.8 Å². The van der Waals surface area contributed by atoms with Crippen LogP contribution in [0.5, 0.6) is 11.5 Å². The molecule has 4 aromatic heterocycles. The number of benzene rings is 1. The van der Waals surface area contributed by atoms with Gasteiger partial charge in [-0.05, 0) is 24.3 Å². The first-order chi connectivity index (χ1) is 17.9. The summed E-state index contributed by atoms with van der Waals surface area (Å²) in [5.74, 6) is 1.09. The van der Waals surface area contributed by atoms with Crippen molar-refractivity contribution < 1.29 is 14.3 Å². The maximum atomic E-state index is 11.8. The second-order valence-electron chi connectivity index (χ2n) is 7.65. The Morgan fingerprint density at radius 2 is 1.81 bits per heavy atom. The Kier molecular flexibility index (Phi) is 6.51. The molecule has 0 aliphatic carbocycles. The van der Waals surface area contributed by atoms with E-state index in [0.29, 0.717) is 60.9 Å². The number of ether oxygens (including phenoxy) is 2. The number of nitrogens with zero attached hydrogens (tertiary/aromatic N) is 5. The van der Waals surface area contributed by atoms with E-state index in [4.69, 9.17) is 32.7 Å². The maximum Gasteiger partial charge on any atom is 0.247 e. The number of methoxy groups -OCH3 is 2. The maximum absolute atomic E-state index is 11.8. The number of carbonyl (C=O) groups is 1. The molecular formula is C25H19Cl2N7O3. The Balaban J connectivity index is 1.64. The van der Waals surface area contributed by atoms with E-state index >= 15 is 0 Å². The summed E-state index contributed by atoms with van der Waals surface area (Å²) >= 11 is 13.4. The van der Waals surface area contributed by atoms with Gasteiger partial charge in [0.05, 0.1) is 30.0 Å². The second kappa shape index (κ2) is 9.92. The molecule has 12 heteroatoms. The van der Waals surface area contributed by atoms with Crippen LogP contribution in [0.1, 0.15) is 0 Å². The number of nitrogens with one attached hydrogen (secondary N) is 2. The van der Waals surface area contributed by atoms with Crippen molar-refractivity contribution in [3.8, 4) is 22.6 Å². The predicted octanol–water partition coefficient (Wildman–Crippen LogP) is 5.53. The van der Waals surface area contributed by atoms with E-state index in [1.807, 2.05) is 6.07 Å². The van der Waals surface area contributed by atoms with Gasteiger partial charge < -0.3 is 20.1 Å². The first-order valence-electron chi connectivity index (χ1n) is 10.8. The normalized spacial score (nSPS) is 10.9. The van der Waals surface area contributed by atoms with Gasteiger partial charge in [-0.1, -0.05) is 29.8 Å². The lowest BCUT2D eigenvalue weighted by atomic mass is 10.0. The zero-order valence-electron chi connectivity index (χ0n) is 19.6. The number of hydrogen-bond donors (Lipinski definition) is 2. The predicted molar refractivity (Wildman–Crippen MR) is 143 cm³/mol. The summed E-state index contributed by atoms with van der Waals surface area (Å²) in [5, 5.41) is 7.09. The molecule has 0 unspecified atom stereocenters. The van der Waals surface area contributed by atoms with Crippen LogP contribution < -0.4 is 20.1 Å². The topological polar surface area (TPSA) is 116 Å². The van der Waals surface area contributed by atoms with Crippen molar-refractivity contribution in [2.24, 2.45) is 0 Å². The molecule has 4 heterocycles. The Morgan fingerprint density at radius 3 is 2.51 bits per heavy atom. The molecule has 1 amide bonds. The van der Waals surface area contributed by atoms with Crippen molar-refractivity contribution >= 4 is 63.2 Å².